The minimum absolute atomic E-state index is 0.220. The molecule has 3 heteroatoms. The molecule has 0 saturated carbocycles. The molecule has 1 N–H and O–H groups in total. The van der Waals surface area contributed by atoms with Crippen molar-refractivity contribution < 1.29 is 14.6 Å². The second kappa shape index (κ2) is 3.73. The third-order valence-electron chi connectivity index (χ3n) is 1.27. The third-order valence-corrected chi connectivity index (χ3v) is 1.27. The van der Waals surface area contributed by atoms with Gasteiger partial charge in [0.05, 0.1) is 0 Å². The molecule has 1 aromatic carbocycles. The van der Waals surface area contributed by atoms with Gasteiger partial charge in [-0.3, -0.25) is 4.79 Å². The summed E-state index contributed by atoms with van der Waals surface area (Å²) in [6.07, 6.45) is -1.14. The van der Waals surface area contributed by atoms with Crippen LogP contribution in [0.25, 0.3) is 0 Å². The molecule has 0 amide bonds. The van der Waals surface area contributed by atoms with Gasteiger partial charge in [0.1, 0.15) is 0 Å². The van der Waals surface area contributed by atoms with Gasteiger partial charge in [0, 0.05) is 5.56 Å². The number of benzene rings is 1. The SMILES string of the molecule is O=COC(O)c1ccccc1. The Morgan fingerprint density at radius 2 is 2.00 bits per heavy atom. The highest BCUT2D eigenvalue weighted by Crippen LogP contribution is 2.11. The van der Waals surface area contributed by atoms with E-state index < -0.39 is 6.29 Å². The molecule has 0 aliphatic rings. The number of aliphatic hydroxyl groups excluding tert-OH is 1. The fourth-order valence-electron chi connectivity index (χ4n) is 0.749. The Morgan fingerprint density at radius 1 is 1.36 bits per heavy atom. The van der Waals surface area contributed by atoms with E-state index in [2.05, 4.69) is 4.74 Å². The van der Waals surface area contributed by atoms with E-state index in [9.17, 15) is 4.79 Å². The molecule has 1 atom stereocenters. The van der Waals surface area contributed by atoms with E-state index in [1.807, 2.05) is 6.07 Å². The average molecular weight is 152 g/mol. The normalized spacial score (nSPS) is 12.1. The van der Waals surface area contributed by atoms with Gasteiger partial charge in [0.25, 0.3) is 6.47 Å². The first-order chi connectivity index (χ1) is 5.34. The third kappa shape index (κ3) is 2.05. The molecule has 1 unspecified atom stereocenters. The lowest BCUT2D eigenvalue weighted by atomic mass is 10.2. The highest BCUT2D eigenvalue weighted by Gasteiger charge is 2.04. The molecule has 0 heterocycles. The van der Waals surface area contributed by atoms with Gasteiger partial charge in [-0.05, 0) is 0 Å². The molecule has 0 saturated heterocycles. The van der Waals surface area contributed by atoms with Crippen molar-refractivity contribution in [1.29, 1.82) is 0 Å². The van der Waals surface area contributed by atoms with Gasteiger partial charge in [-0.1, -0.05) is 30.3 Å². The number of carbonyl (C=O) groups excluding carboxylic acids is 1. The summed E-state index contributed by atoms with van der Waals surface area (Å²) in [4.78, 5) is 9.81. The molecule has 11 heavy (non-hydrogen) atoms. The van der Waals surface area contributed by atoms with Crippen LogP contribution >= 0.6 is 0 Å². The summed E-state index contributed by atoms with van der Waals surface area (Å²) in [6.45, 7) is 0.220. The highest BCUT2D eigenvalue weighted by molar-refractivity contribution is 5.38. The van der Waals surface area contributed by atoms with Crippen molar-refractivity contribution in [3.8, 4) is 0 Å². The zero-order chi connectivity index (χ0) is 8.10. The maximum atomic E-state index is 9.81. The zero-order valence-electron chi connectivity index (χ0n) is 5.81. The maximum Gasteiger partial charge on any atom is 0.295 e. The maximum absolute atomic E-state index is 9.81. The van der Waals surface area contributed by atoms with Crippen molar-refractivity contribution >= 4 is 6.47 Å². The van der Waals surface area contributed by atoms with E-state index >= 15 is 0 Å². The first kappa shape index (κ1) is 7.75. The molecular formula is C8H8O3. The number of hydrogen-bond acceptors (Lipinski definition) is 3. The predicted octanol–water partition coefficient (Wildman–Crippen LogP) is 0.851. The molecule has 0 spiro atoms. The molecule has 1 rings (SSSR count). The summed E-state index contributed by atoms with van der Waals surface area (Å²) in [5.41, 5.74) is 0.569. The van der Waals surface area contributed by atoms with Gasteiger partial charge >= 0.3 is 0 Å². The predicted molar refractivity (Wildman–Crippen MR) is 38.6 cm³/mol. The van der Waals surface area contributed by atoms with Crippen LogP contribution in [0.1, 0.15) is 11.9 Å². The van der Waals surface area contributed by atoms with Gasteiger partial charge in [0.15, 0.2) is 0 Å². The Kier molecular flexibility index (Phi) is 2.63. The second-order valence-corrected chi connectivity index (χ2v) is 2.00. The van der Waals surface area contributed by atoms with E-state index in [1.54, 1.807) is 24.3 Å². The topological polar surface area (TPSA) is 46.5 Å². The fraction of sp³-hybridized carbons (Fsp3) is 0.125. The van der Waals surface area contributed by atoms with Gasteiger partial charge in [-0.2, -0.15) is 0 Å². The van der Waals surface area contributed by atoms with E-state index in [4.69, 9.17) is 5.11 Å². The van der Waals surface area contributed by atoms with Gasteiger partial charge in [-0.25, -0.2) is 0 Å². The van der Waals surface area contributed by atoms with Crippen molar-refractivity contribution in [3.63, 3.8) is 0 Å². The molecule has 1 aromatic rings. The quantitative estimate of drug-likeness (QED) is 0.516. The number of hydrogen-bond donors (Lipinski definition) is 1. The summed E-state index contributed by atoms with van der Waals surface area (Å²) < 4.78 is 4.30. The van der Waals surface area contributed by atoms with Gasteiger partial charge in [0.2, 0.25) is 6.29 Å². The van der Waals surface area contributed by atoms with Crippen molar-refractivity contribution in [2.75, 3.05) is 0 Å². The minimum Gasteiger partial charge on any atom is -0.434 e. The van der Waals surface area contributed by atoms with E-state index in [1.165, 1.54) is 0 Å². The van der Waals surface area contributed by atoms with Crippen LogP contribution in [0.2, 0.25) is 0 Å². The summed E-state index contributed by atoms with van der Waals surface area (Å²) in [7, 11) is 0. The van der Waals surface area contributed by atoms with Crippen LogP contribution in [0.3, 0.4) is 0 Å². The first-order valence-corrected chi connectivity index (χ1v) is 3.16. The first-order valence-electron chi connectivity index (χ1n) is 3.16. The highest BCUT2D eigenvalue weighted by atomic mass is 16.6. The molecule has 0 aromatic heterocycles. The Balaban J connectivity index is 2.68. The van der Waals surface area contributed by atoms with Gasteiger partial charge in [-0.15, -0.1) is 0 Å². The van der Waals surface area contributed by atoms with Crippen molar-refractivity contribution in [2.45, 2.75) is 6.29 Å². The van der Waals surface area contributed by atoms with Crippen LogP contribution in [-0.4, -0.2) is 11.6 Å². The molecule has 0 aliphatic heterocycles. The van der Waals surface area contributed by atoms with Crippen LogP contribution in [0, 0.1) is 0 Å². The lowest BCUT2D eigenvalue weighted by molar-refractivity contribution is -0.152. The smallest absolute Gasteiger partial charge is 0.295 e. The number of rotatable bonds is 3. The molecular weight excluding hydrogens is 144 g/mol. The molecule has 58 valence electrons. The Hall–Kier alpha value is -1.35. The summed E-state index contributed by atoms with van der Waals surface area (Å²) in [6, 6.07) is 8.68. The molecule has 0 fully saturated rings. The molecule has 0 bridgehead atoms. The summed E-state index contributed by atoms with van der Waals surface area (Å²) in [5.74, 6) is 0. The fourth-order valence-corrected chi connectivity index (χ4v) is 0.749. The van der Waals surface area contributed by atoms with E-state index in [0.29, 0.717) is 5.56 Å². The van der Waals surface area contributed by atoms with Crippen molar-refractivity contribution in [2.24, 2.45) is 0 Å². The molecule has 0 aliphatic carbocycles. The average Bonchev–Trinajstić information content (AvgIpc) is 2.07. The van der Waals surface area contributed by atoms with Crippen LogP contribution in [0.15, 0.2) is 30.3 Å². The second-order valence-electron chi connectivity index (χ2n) is 2.00. The summed E-state index contributed by atoms with van der Waals surface area (Å²) in [5, 5.41) is 9.07. The monoisotopic (exact) mass is 152 g/mol. The summed E-state index contributed by atoms with van der Waals surface area (Å²) >= 11 is 0. The van der Waals surface area contributed by atoms with Crippen LogP contribution in [0.4, 0.5) is 0 Å². The minimum atomic E-state index is -1.14. The van der Waals surface area contributed by atoms with Crippen LogP contribution in [-0.2, 0) is 9.53 Å². The zero-order valence-corrected chi connectivity index (χ0v) is 5.81. The van der Waals surface area contributed by atoms with Crippen LogP contribution in [0.5, 0.6) is 0 Å². The Bertz CT molecular complexity index is 220. The standard InChI is InChI=1S/C8H8O3/c9-6-11-8(10)7-4-2-1-3-5-7/h1-6,8,10H. The van der Waals surface area contributed by atoms with Crippen molar-refractivity contribution in [1.82, 2.24) is 0 Å². The van der Waals surface area contributed by atoms with Crippen molar-refractivity contribution in [3.05, 3.63) is 35.9 Å². The lowest BCUT2D eigenvalue weighted by Gasteiger charge is -2.06. The number of ether oxygens (including phenoxy) is 1. The Morgan fingerprint density at radius 3 is 2.55 bits per heavy atom. The number of carbonyl (C=O) groups is 1. The van der Waals surface area contributed by atoms with E-state index in [-0.39, 0.29) is 6.47 Å². The molecule has 3 nitrogen and oxygen atoms in total. The van der Waals surface area contributed by atoms with Crippen LogP contribution < -0.4 is 0 Å². The van der Waals surface area contributed by atoms with Gasteiger partial charge < -0.3 is 9.84 Å². The Labute approximate surface area is 64.2 Å². The largest absolute Gasteiger partial charge is 0.434 e. The van der Waals surface area contributed by atoms with E-state index in [0.717, 1.165) is 0 Å². The number of aliphatic hydroxyl groups is 1. The molecule has 0 radical (unpaired) electrons. The lowest BCUT2D eigenvalue weighted by Crippen LogP contribution is -2.00.